The molecule has 0 unspecified atom stereocenters. The lowest BCUT2D eigenvalue weighted by atomic mass is 9.96. The maximum atomic E-state index is 5.86. The predicted molar refractivity (Wildman–Crippen MR) is 85.5 cm³/mol. The van der Waals surface area contributed by atoms with Gasteiger partial charge in [0.2, 0.25) is 0 Å². The molecule has 0 atom stereocenters. The highest BCUT2D eigenvalue weighted by Gasteiger charge is 2.18. The van der Waals surface area contributed by atoms with Gasteiger partial charge in [0, 0.05) is 18.0 Å². The summed E-state index contributed by atoms with van der Waals surface area (Å²) >= 11 is 0. The summed E-state index contributed by atoms with van der Waals surface area (Å²) in [7, 11) is 1.66. The van der Waals surface area contributed by atoms with Crippen LogP contribution in [-0.4, -0.2) is 17.1 Å². The van der Waals surface area contributed by atoms with Gasteiger partial charge >= 0.3 is 0 Å². The first-order chi connectivity index (χ1) is 9.88. The number of methoxy groups -OCH3 is 1. The Morgan fingerprint density at radius 3 is 2.62 bits per heavy atom. The molecule has 112 valence electrons. The maximum Gasteiger partial charge on any atom is 0.138 e. The van der Waals surface area contributed by atoms with Crippen LogP contribution in [0.1, 0.15) is 32.2 Å². The van der Waals surface area contributed by atoms with Crippen LogP contribution in [0.5, 0.6) is 5.75 Å². The van der Waals surface area contributed by atoms with Crippen LogP contribution in [-0.2, 0) is 12.0 Å². The zero-order chi connectivity index (χ0) is 15.5. The summed E-state index contributed by atoms with van der Waals surface area (Å²) in [5.41, 5.74) is 6.84. The second kappa shape index (κ2) is 5.99. The summed E-state index contributed by atoms with van der Waals surface area (Å²) in [6, 6.07) is 9.65. The van der Waals surface area contributed by atoms with Gasteiger partial charge in [0.25, 0.3) is 0 Å². The molecule has 2 aromatic rings. The van der Waals surface area contributed by atoms with E-state index in [1.165, 1.54) is 0 Å². The van der Waals surface area contributed by atoms with Gasteiger partial charge in [0.15, 0.2) is 0 Å². The molecule has 0 aliphatic rings. The molecule has 0 spiro atoms. The lowest BCUT2D eigenvalue weighted by Gasteiger charge is -2.18. The zero-order valence-electron chi connectivity index (χ0n) is 13.0. The molecular formula is C16H22N4O. The van der Waals surface area contributed by atoms with Crippen molar-refractivity contribution >= 4 is 11.6 Å². The molecule has 1 aromatic carbocycles. The third kappa shape index (κ3) is 4.08. The average molecular weight is 286 g/mol. The van der Waals surface area contributed by atoms with E-state index < -0.39 is 0 Å². The Hall–Kier alpha value is -2.30. The third-order valence-corrected chi connectivity index (χ3v) is 3.02. The highest BCUT2D eigenvalue weighted by Crippen LogP contribution is 2.21. The number of hydrogen-bond donors (Lipinski definition) is 2. The lowest BCUT2D eigenvalue weighted by Crippen LogP contribution is -2.18. The normalized spacial score (nSPS) is 11.2. The van der Waals surface area contributed by atoms with Crippen molar-refractivity contribution in [3.05, 3.63) is 41.7 Å². The summed E-state index contributed by atoms with van der Waals surface area (Å²) in [6.45, 7) is 6.84. The molecule has 0 saturated heterocycles. The fraction of sp³-hybridized carbons (Fsp3) is 0.375. The van der Waals surface area contributed by atoms with Gasteiger partial charge < -0.3 is 15.8 Å². The summed E-state index contributed by atoms with van der Waals surface area (Å²) in [5.74, 6) is 2.78. The Kier molecular flexibility index (Phi) is 4.31. The molecule has 2 rings (SSSR count). The van der Waals surface area contributed by atoms with E-state index >= 15 is 0 Å². The summed E-state index contributed by atoms with van der Waals surface area (Å²) in [6.07, 6.45) is 0. The van der Waals surface area contributed by atoms with Crippen LogP contribution in [0.25, 0.3) is 0 Å². The minimum Gasteiger partial charge on any atom is -0.497 e. The van der Waals surface area contributed by atoms with Crippen molar-refractivity contribution in [1.29, 1.82) is 0 Å². The molecule has 0 fully saturated rings. The van der Waals surface area contributed by atoms with E-state index in [1.54, 1.807) is 13.2 Å². The zero-order valence-corrected chi connectivity index (χ0v) is 13.0. The monoisotopic (exact) mass is 286 g/mol. The summed E-state index contributed by atoms with van der Waals surface area (Å²) in [5, 5.41) is 3.28. The smallest absolute Gasteiger partial charge is 0.138 e. The SMILES string of the molecule is COc1cccc(CNc2cc(N)nc(C(C)(C)C)n2)c1. The van der Waals surface area contributed by atoms with Crippen LogP contribution >= 0.6 is 0 Å². The first kappa shape index (κ1) is 15.1. The Balaban J connectivity index is 2.14. The van der Waals surface area contributed by atoms with E-state index in [0.29, 0.717) is 12.4 Å². The molecule has 3 N–H and O–H groups in total. The number of aromatic nitrogens is 2. The van der Waals surface area contributed by atoms with Gasteiger partial charge in [-0.2, -0.15) is 0 Å². The lowest BCUT2D eigenvalue weighted by molar-refractivity contribution is 0.414. The van der Waals surface area contributed by atoms with Crippen molar-refractivity contribution < 1.29 is 4.74 Å². The number of rotatable bonds is 4. The van der Waals surface area contributed by atoms with Crippen molar-refractivity contribution in [2.75, 3.05) is 18.2 Å². The number of nitrogens with two attached hydrogens (primary N) is 1. The minimum atomic E-state index is -0.137. The average Bonchev–Trinajstić information content (AvgIpc) is 2.44. The molecule has 1 heterocycles. The second-order valence-corrected chi connectivity index (χ2v) is 5.96. The number of nitrogens with one attached hydrogen (secondary N) is 1. The van der Waals surface area contributed by atoms with Crippen LogP contribution < -0.4 is 15.8 Å². The quantitative estimate of drug-likeness (QED) is 0.904. The summed E-state index contributed by atoms with van der Waals surface area (Å²) < 4.78 is 5.22. The molecule has 5 heteroatoms. The van der Waals surface area contributed by atoms with E-state index in [4.69, 9.17) is 10.5 Å². The van der Waals surface area contributed by atoms with E-state index in [1.807, 2.05) is 24.3 Å². The third-order valence-electron chi connectivity index (χ3n) is 3.02. The topological polar surface area (TPSA) is 73.1 Å². The van der Waals surface area contributed by atoms with Crippen molar-refractivity contribution in [2.45, 2.75) is 32.7 Å². The van der Waals surface area contributed by atoms with Crippen LogP contribution in [0, 0.1) is 0 Å². The van der Waals surface area contributed by atoms with Crippen molar-refractivity contribution in [2.24, 2.45) is 0 Å². The van der Waals surface area contributed by atoms with Crippen LogP contribution in [0.2, 0.25) is 0 Å². The van der Waals surface area contributed by atoms with Gasteiger partial charge in [-0.05, 0) is 17.7 Å². The van der Waals surface area contributed by atoms with Crippen molar-refractivity contribution in [1.82, 2.24) is 9.97 Å². The molecule has 0 amide bonds. The van der Waals surface area contributed by atoms with Gasteiger partial charge in [0.05, 0.1) is 7.11 Å². The van der Waals surface area contributed by atoms with E-state index in [-0.39, 0.29) is 5.41 Å². The molecule has 1 aromatic heterocycles. The molecule has 0 aliphatic carbocycles. The molecule has 0 radical (unpaired) electrons. The number of nitrogens with zero attached hydrogens (tertiary/aromatic N) is 2. The predicted octanol–water partition coefficient (Wildman–Crippen LogP) is 2.98. The highest BCUT2D eigenvalue weighted by atomic mass is 16.5. The van der Waals surface area contributed by atoms with Crippen LogP contribution in [0.4, 0.5) is 11.6 Å². The van der Waals surface area contributed by atoms with Crippen molar-refractivity contribution in [3.63, 3.8) is 0 Å². The number of hydrogen-bond acceptors (Lipinski definition) is 5. The molecule has 0 bridgehead atoms. The van der Waals surface area contributed by atoms with Crippen LogP contribution in [0.3, 0.4) is 0 Å². The number of anilines is 2. The van der Waals surface area contributed by atoms with Crippen molar-refractivity contribution in [3.8, 4) is 5.75 Å². The highest BCUT2D eigenvalue weighted by molar-refractivity contribution is 5.46. The Labute approximate surface area is 125 Å². The number of benzene rings is 1. The first-order valence-corrected chi connectivity index (χ1v) is 6.90. The molecule has 21 heavy (non-hydrogen) atoms. The van der Waals surface area contributed by atoms with Gasteiger partial charge in [0.1, 0.15) is 23.2 Å². The van der Waals surface area contributed by atoms with Gasteiger partial charge in [-0.3, -0.25) is 0 Å². The Bertz CT molecular complexity index is 620. The minimum absolute atomic E-state index is 0.137. The van der Waals surface area contributed by atoms with E-state index in [9.17, 15) is 0 Å². The van der Waals surface area contributed by atoms with E-state index in [0.717, 1.165) is 23.0 Å². The van der Waals surface area contributed by atoms with Gasteiger partial charge in [-0.1, -0.05) is 32.9 Å². The maximum absolute atomic E-state index is 5.86. The molecule has 5 nitrogen and oxygen atoms in total. The van der Waals surface area contributed by atoms with Crippen LogP contribution in [0.15, 0.2) is 30.3 Å². The Morgan fingerprint density at radius 1 is 1.19 bits per heavy atom. The van der Waals surface area contributed by atoms with Gasteiger partial charge in [-0.25, -0.2) is 9.97 Å². The van der Waals surface area contributed by atoms with Gasteiger partial charge in [-0.15, -0.1) is 0 Å². The number of nitrogen functional groups attached to an aromatic ring is 1. The molecular weight excluding hydrogens is 264 g/mol. The summed E-state index contributed by atoms with van der Waals surface area (Å²) in [4.78, 5) is 8.82. The fourth-order valence-corrected chi connectivity index (χ4v) is 1.87. The van der Waals surface area contributed by atoms with E-state index in [2.05, 4.69) is 36.1 Å². The fourth-order valence-electron chi connectivity index (χ4n) is 1.87. The molecule has 0 aliphatic heterocycles. The first-order valence-electron chi connectivity index (χ1n) is 6.90. The second-order valence-electron chi connectivity index (χ2n) is 5.96. The largest absolute Gasteiger partial charge is 0.497 e. The number of ether oxygens (including phenoxy) is 1. The molecule has 0 saturated carbocycles. The Morgan fingerprint density at radius 2 is 1.95 bits per heavy atom. The standard InChI is InChI=1S/C16H22N4O/c1-16(2,3)15-19-13(17)9-14(20-15)18-10-11-6-5-7-12(8-11)21-4/h5-9H,10H2,1-4H3,(H3,17,18,19,20).